The Labute approximate surface area is 142 Å². The first-order chi connectivity index (χ1) is 12.0. The van der Waals surface area contributed by atoms with Crippen molar-refractivity contribution in [2.75, 3.05) is 17.2 Å². The van der Waals surface area contributed by atoms with E-state index in [0.29, 0.717) is 11.4 Å². The SMILES string of the molecule is O=C(CNC(=O)C(=O)Nc1ccccc1)Nc1ccc([N+](=O)[O-])cc1. The minimum Gasteiger partial charge on any atom is -0.339 e. The Balaban J connectivity index is 1.79. The lowest BCUT2D eigenvalue weighted by molar-refractivity contribution is -0.384. The first-order valence-electron chi connectivity index (χ1n) is 7.14. The molecule has 25 heavy (non-hydrogen) atoms. The third kappa shape index (κ3) is 5.43. The maximum absolute atomic E-state index is 11.7. The number of para-hydroxylation sites is 1. The summed E-state index contributed by atoms with van der Waals surface area (Å²) in [4.78, 5) is 45.0. The van der Waals surface area contributed by atoms with Gasteiger partial charge in [-0.3, -0.25) is 24.5 Å². The lowest BCUT2D eigenvalue weighted by atomic mass is 10.3. The first kappa shape index (κ1) is 17.6. The van der Waals surface area contributed by atoms with Crippen LogP contribution in [0.15, 0.2) is 54.6 Å². The number of hydrogen-bond donors (Lipinski definition) is 3. The van der Waals surface area contributed by atoms with E-state index in [9.17, 15) is 24.5 Å². The first-order valence-corrected chi connectivity index (χ1v) is 7.14. The van der Waals surface area contributed by atoms with Crippen LogP contribution in [0.2, 0.25) is 0 Å². The molecule has 2 aromatic carbocycles. The van der Waals surface area contributed by atoms with E-state index in [2.05, 4.69) is 16.0 Å². The van der Waals surface area contributed by atoms with E-state index in [-0.39, 0.29) is 5.69 Å². The maximum atomic E-state index is 11.7. The van der Waals surface area contributed by atoms with Crippen molar-refractivity contribution < 1.29 is 19.3 Å². The highest BCUT2D eigenvalue weighted by molar-refractivity contribution is 6.39. The van der Waals surface area contributed by atoms with Crippen LogP contribution in [-0.2, 0) is 14.4 Å². The third-order valence-corrected chi connectivity index (χ3v) is 3.01. The number of nitro benzene ring substituents is 1. The molecule has 3 amide bonds. The molecule has 128 valence electrons. The van der Waals surface area contributed by atoms with Gasteiger partial charge in [-0.1, -0.05) is 18.2 Å². The molecule has 0 saturated heterocycles. The number of carbonyl (C=O) groups is 3. The molecule has 0 fully saturated rings. The number of benzene rings is 2. The van der Waals surface area contributed by atoms with Gasteiger partial charge in [-0.05, 0) is 24.3 Å². The van der Waals surface area contributed by atoms with Crippen LogP contribution in [0.5, 0.6) is 0 Å². The van der Waals surface area contributed by atoms with Crippen LogP contribution in [0.1, 0.15) is 0 Å². The molecule has 0 aliphatic heterocycles. The molecule has 3 N–H and O–H groups in total. The van der Waals surface area contributed by atoms with Crippen molar-refractivity contribution in [3.8, 4) is 0 Å². The molecule has 0 atom stereocenters. The highest BCUT2D eigenvalue weighted by Crippen LogP contribution is 2.15. The minimum absolute atomic E-state index is 0.108. The average molecular weight is 342 g/mol. The van der Waals surface area contributed by atoms with Crippen LogP contribution >= 0.6 is 0 Å². The molecule has 0 unspecified atom stereocenters. The summed E-state index contributed by atoms with van der Waals surface area (Å²) in [5.74, 6) is -2.42. The van der Waals surface area contributed by atoms with E-state index in [1.165, 1.54) is 24.3 Å². The van der Waals surface area contributed by atoms with E-state index in [1.54, 1.807) is 30.3 Å². The molecule has 0 saturated carbocycles. The second-order valence-electron chi connectivity index (χ2n) is 4.85. The molecule has 0 aromatic heterocycles. The number of nitro groups is 1. The van der Waals surface area contributed by atoms with Crippen molar-refractivity contribution in [2.24, 2.45) is 0 Å². The molecule has 0 heterocycles. The zero-order valence-electron chi connectivity index (χ0n) is 12.9. The fraction of sp³-hybridized carbons (Fsp3) is 0.0625. The van der Waals surface area contributed by atoms with Gasteiger partial charge in [0.05, 0.1) is 11.5 Å². The van der Waals surface area contributed by atoms with Gasteiger partial charge in [-0.15, -0.1) is 0 Å². The van der Waals surface area contributed by atoms with Crippen LogP contribution in [0.3, 0.4) is 0 Å². The van der Waals surface area contributed by atoms with E-state index in [4.69, 9.17) is 0 Å². The second kappa shape index (κ2) is 8.20. The number of rotatable bonds is 5. The summed E-state index contributed by atoms with van der Waals surface area (Å²) in [6.45, 7) is -0.419. The van der Waals surface area contributed by atoms with Crippen LogP contribution < -0.4 is 16.0 Å². The van der Waals surface area contributed by atoms with E-state index >= 15 is 0 Å². The van der Waals surface area contributed by atoms with Gasteiger partial charge in [0, 0.05) is 23.5 Å². The summed E-state index contributed by atoms with van der Waals surface area (Å²) >= 11 is 0. The Hall–Kier alpha value is -3.75. The second-order valence-corrected chi connectivity index (χ2v) is 4.85. The van der Waals surface area contributed by atoms with Crippen molar-refractivity contribution in [1.29, 1.82) is 0 Å². The summed E-state index contributed by atoms with van der Waals surface area (Å²) in [6, 6.07) is 13.6. The molecule has 0 radical (unpaired) electrons. The third-order valence-electron chi connectivity index (χ3n) is 3.01. The fourth-order valence-corrected chi connectivity index (χ4v) is 1.82. The zero-order chi connectivity index (χ0) is 18.2. The molecule has 0 aliphatic rings. The predicted molar refractivity (Wildman–Crippen MR) is 89.8 cm³/mol. The van der Waals surface area contributed by atoms with Crippen LogP contribution in [0.25, 0.3) is 0 Å². The highest BCUT2D eigenvalue weighted by Gasteiger charge is 2.15. The Kier molecular flexibility index (Phi) is 5.77. The van der Waals surface area contributed by atoms with E-state index in [1.807, 2.05) is 0 Å². The Morgan fingerprint density at radius 3 is 2.04 bits per heavy atom. The van der Waals surface area contributed by atoms with Crippen molar-refractivity contribution in [3.05, 3.63) is 64.7 Å². The standard InChI is InChI=1S/C16H14N4O5/c21-14(18-12-6-8-13(9-7-12)20(24)25)10-17-15(22)16(23)19-11-4-2-1-3-5-11/h1-9H,10H2,(H,17,22)(H,18,21)(H,19,23). The molecule has 2 aromatic rings. The largest absolute Gasteiger partial charge is 0.339 e. The quantitative estimate of drug-likeness (QED) is 0.428. The van der Waals surface area contributed by atoms with Crippen LogP contribution in [-0.4, -0.2) is 29.2 Å². The van der Waals surface area contributed by atoms with Crippen molar-refractivity contribution in [2.45, 2.75) is 0 Å². The van der Waals surface area contributed by atoms with Gasteiger partial charge in [0.15, 0.2) is 0 Å². The van der Waals surface area contributed by atoms with Gasteiger partial charge in [0.1, 0.15) is 0 Å². The number of carbonyl (C=O) groups excluding carboxylic acids is 3. The summed E-state index contributed by atoms with van der Waals surface area (Å²) in [6.07, 6.45) is 0. The van der Waals surface area contributed by atoms with Crippen LogP contribution in [0, 0.1) is 10.1 Å². The van der Waals surface area contributed by atoms with Crippen LogP contribution in [0.4, 0.5) is 17.1 Å². The number of hydrogen-bond acceptors (Lipinski definition) is 5. The molecule has 9 heteroatoms. The molecule has 9 nitrogen and oxygen atoms in total. The minimum atomic E-state index is -0.956. The van der Waals surface area contributed by atoms with Gasteiger partial charge < -0.3 is 16.0 Å². The monoisotopic (exact) mass is 342 g/mol. The Morgan fingerprint density at radius 2 is 1.44 bits per heavy atom. The van der Waals surface area contributed by atoms with Gasteiger partial charge in [-0.2, -0.15) is 0 Å². The van der Waals surface area contributed by atoms with E-state index in [0.717, 1.165) is 0 Å². The van der Waals surface area contributed by atoms with Crippen molar-refractivity contribution in [1.82, 2.24) is 5.32 Å². The Morgan fingerprint density at radius 1 is 0.840 bits per heavy atom. The number of nitrogens with zero attached hydrogens (tertiary/aromatic N) is 1. The molecule has 2 rings (SSSR count). The van der Waals surface area contributed by atoms with Gasteiger partial charge in [0.25, 0.3) is 5.69 Å². The van der Waals surface area contributed by atoms with E-state index < -0.39 is 29.2 Å². The maximum Gasteiger partial charge on any atom is 0.313 e. The zero-order valence-corrected chi connectivity index (χ0v) is 12.9. The molecule has 0 bridgehead atoms. The summed E-state index contributed by atoms with van der Waals surface area (Å²) < 4.78 is 0. The topological polar surface area (TPSA) is 130 Å². The Bertz CT molecular complexity index is 790. The molecule has 0 spiro atoms. The number of amides is 3. The number of non-ortho nitro benzene ring substituents is 1. The highest BCUT2D eigenvalue weighted by atomic mass is 16.6. The lowest BCUT2D eigenvalue weighted by Crippen LogP contribution is -2.39. The number of anilines is 2. The smallest absolute Gasteiger partial charge is 0.313 e. The van der Waals surface area contributed by atoms with Crippen molar-refractivity contribution >= 4 is 34.8 Å². The summed E-state index contributed by atoms with van der Waals surface area (Å²) in [5.41, 5.74) is 0.681. The average Bonchev–Trinajstić information content (AvgIpc) is 2.61. The van der Waals surface area contributed by atoms with Gasteiger partial charge in [-0.25, -0.2) is 0 Å². The predicted octanol–water partition coefficient (Wildman–Crippen LogP) is 1.29. The summed E-state index contributed by atoms with van der Waals surface area (Å²) in [7, 11) is 0. The molecule has 0 aliphatic carbocycles. The lowest BCUT2D eigenvalue weighted by Gasteiger charge is -2.07. The molecular formula is C16H14N4O5. The van der Waals surface area contributed by atoms with Gasteiger partial charge in [0.2, 0.25) is 5.91 Å². The fourth-order valence-electron chi connectivity index (χ4n) is 1.82. The molecular weight excluding hydrogens is 328 g/mol. The van der Waals surface area contributed by atoms with Crippen molar-refractivity contribution in [3.63, 3.8) is 0 Å². The summed E-state index contributed by atoms with van der Waals surface area (Å²) in [5, 5.41) is 17.6. The normalized spacial score (nSPS) is 9.76. The number of nitrogens with one attached hydrogen (secondary N) is 3. The van der Waals surface area contributed by atoms with Gasteiger partial charge >= 0.3 is 11.8 Å².